The van der Waals surface area contributed by atoms with Gasteiger partial charge in [-0.25, -0.2) is 8.78 Å². The average Bonchev–Trinajstić information content (AvgIpc) is 2.13. The van der Waals surface area contributed by atoms with Crippen molar-refractivity contribution < 1.29 is 8.78 Å². The molecule has 0 aromatic rings. The molecule has 0 aliphatic carbocycles. The third-order valence-electron chi connectivity index (χ3n) is 1.61. The Morgan fingerprint density at radius 1 is 1.60 bits per heavy atom. The van der Waals surface area contributed by atoms with Crippen molar-refractivity contribution in [1.82, 2.24) is 4.90 Å². The summed E-state index contributed by atoms with van der Waals surface area (Å²) >= 11 is 2.31. The number of rotatable bonds is 2. The third kappa shape index (κ3) is 2.65. The summed E-state index contributed by atoms with van der Waals surface area (Å²) in [5, 5.41) is 0. The normalized spacial score (nSPS) is 28.2. The first kappa shape index (κ1) is 8.64. The van der Waals surface area contributed by atoms with Crippen LogP contribution in [0, 0.1) is 0 Å². The minimum Gasteiger partial charge on any atom is -0.297 e. The summed E-state index contributed by atoms with van der Waals surface area (Å²) in [5.41, 5.74) is 0. The number of likely N-dealkylation sites (tertiary alicyclic amines) is 1. The van der Waals surface area contributed by atoms with Crippen LogP contribution >= 0.6 is 22.6 Å². The van der Waals surface area contributed by atoms with E-state index in [4.69, 9.17) is 0 Å². The van der Waals surface area contributed by atoms with E-state index in [0.29, 0.717) is 3.92 Å². The van der Waals surface area contributed by atoms with Crippen molar-refractivity contribution >= 4 is 22.6 Å². The molecule has 1 aliphatic heterocycles. The summed E-state index contributed by atoms with van der Waals surface area (Å²) in [6.45, 7) is 1.64. The lowest BCUT2D eigenvalue weighted by atomic mass is 10.4. The largest absolute Gasteiger partial charge is 0.297 e. The second kappa shape index (κ2) is 3.80. The van der Waals surface area contributed by atoms with Crippen molar-refractivity contribution in [3.05, 3.63) is 0 Å². The molecule has 10 heavy (non-hydrogen) atoms. The Bertz CT molecular complexity index is 110. The minimum absolute atomic E-state index is 0.0422. The lowest BCUT2D eigenvalue weighted by molar-refractivity contribution is 0.0999. The number of halogens is 3. The number of nitrogens with zero attached hydrogens (tertiary/aromatic N) is 1. The van der Waals surface area contributed by atoms with Crippen LogP contribution < -0.4 is 0 Å². The molecular weight excluding hydrogens is 251 g/mol. The van der Waals surface area contributed by atoms with Crippen molar-refractivity contribution in [2.75, 3.05) is 19.6 Å². The van der Waals surface area contributed by atoms with E-state index >= 15 is 0 Å². The summed E-state index contributed by atoms with van der Waals surface area (Å²) in [5.74, 6) is 0. The SMILES string of the molecule is FC(F)CN1CCC(I)C1. The van der Waals surface area contributed by atoms with Crippen LogP contribution in [-0.4, -0.2) is 34.9 Å². The van der Waals surface area contributed by atoms with Crippen molar-refractivity contribution in [3.63, 3.8) is 0 Å². The van der Waals surface area contributed by atoms with E-state index < -0.39 is 6.43 Å². The molecule has 0 bridgehead atoms. The highest BCUT2D eigenvalue weighted by atomic mass is 127. The van der Waals surface area contributed by atoms with Gasteiger partial charge in [0.2, 0.25) is 0 Å². The van der Waals surface area contributed by atoms with E-state index in [2.05, 4.69) is 22.6 Å². The predicted molar refractivity (Wildman–Crippen MR) is 44.9 cm³/mol. The zero-order valence-electron chi connectivity index (χ0n) is 5.56. The molecule has 1 unspecified atom stereocenters. The van der Waals surface area contributed by atoms with Crippen LogP contribution in [0.2, 0.25) is 0 Å². The first-order valence-corrected chi connectivity index (χ1v) is 4.57. The van der Waals surface area contributed by atoms with Gasteiger partial charge in [0.15, 0.2) is 0 Å². The average molecular weight is 261 g/mol. The van der Waals surface area contributed by atoms with Gasteiger partial charge in [0, 0.05) is 10.5 Å². The van der Waals surface area contributed by atoms with E-state index in [-0.39, 0.29) is 6.54 Å². The number of alkyl halides is 3. The van der Waals surface area contributed by atoms with Gasteiger partial charge in [0.05, 0.1) is 6.54 Å². The molecule has 0 radical (unpaired) electrons. The third-order valence-corrected chi connectivity index (χ3v) is 2.63. The maximum atomic E-state index is 11.8. The topological polar surface area (TPSA) is 3.24 Å². The van der Waals surface area contributed by atoms with Gasteiger partial charge in [-0.3, -0.25) is 4.90 Å². The highest BCUT2D eigenvalue weighted by molar-refractivity contribution is 14.1. The molecule has 0 aromatic heterocycles. The van der Waals surface area contributed by atoms with Crippen molar-refractivity contribution in [3.8, 4) is 0 Å². The Morgan fingerprint density at radius 3 is 2.70 bits per heavy atom. The summed E-state index contributed by atoms with van der Waals surface area (Å²) in [6, 6.07) is 0. The molecule has 1 nitrogen and oxygen atoms in total. The molecule has 1 atom stereocenters. The second-order valence-corrected chi connectivity index (χ2v) is 4.30. The quantitative estimate of drug-likeness (QED) is 0.540. The standard InChI is InChI=1S/C6H10F2IN/c7-6(8)4-10-2-1-5(9)3-10/h5-6H,1-4H2. The molecular formula is C6H10F2IN. The molecule has 1 heterocycles. The van der Waals surface area contributed by atoms with Crippen molar-refractivity contribution in [1.29, 1.82) is 0 Å². The van der Waals surface area contributed by atoms with Gasteiger partial charge < -0.3 is 0 Å². The zero-order chi connectivity index (χ0) is 7.56. The van der Waals surface area contributed by atoms with E-state index in [1.165, 1.54) is 0 Å². The molecule has 0 saturated carbocycles. The Morgan fingerprint density at radius 2 is 2.30 bits per heavy atom. The van der Waals surface area contributed by atoms with Crippen LogP contribution in [0.5, 0.6) is 0 Å². The smallest absolute Gasteiger partial charge is 0.251 e. The molecule has 1 saturated heterocycles. The van der Waals surface area contributed by atoms with Gasteiger partial charge in [-0.15, -0.1) is 0 Å². The van der Waals surface area contributed by atoms with Gasteiger partial charge in [0.1, 0.15) is 0 Å². The van der Waals surface area contributed by atoms with Gasteiger partial charge in [-0.2, -0.15) is 0 Å². The minimum atomic E-state index is -2.17. The molecule has 4 heteroatoms. The maximum Gasteiger partial charge on any atom is 0.251 e. The van der Waals surface area contributed by atoms with Crippen molar-refractivity contribution in [2.45, 2.75) is 16.8 Å². The molecule has 0 N–H and O–H groups in total. The molecule has 1 fully saturated rings. The molecule has 60 valence electrons. The Kier molecular flexibility index (Phi) is 3.29. The van der Waals surface area contributed by atoms with Crippen LogP contribution in [0.25, 0.3) is 0 Å². The summed E-state index contributed by atoms with van der Waals surface area (Å²) < 4.78 is 24.1. The zero-order valence-corrected chi connectivity index (χ0v) is 7.72. The Hall–Kier alpha value is 0.550. The van der Waals surface area contributed by atoms with Crippen molar-refractivity contribution in [2.24, 2.45) is 0 Å². The molecule has 1 aliphatic rings. The number of hydrogen-bond donors (Lipinski definition) is 0. The highest BCUT2D eigenvalue weighted by Crippen LogP contribution is 2.17. The fraction of sp³-hybridized carbons (Fsp3) is 1.00. The van der Waals surface area contributed by atoms with Gasteiger partial charge in [-0.05, 0) is 13.0 Å². The van der Waals surface area contributed by atoms with E-state index in [9.17, 15) is 8.78 Å². The molecule has 0 spiro atoms. The Labute approximate surface area is 72.9 Å². The summed E-state index contributed by atoms with van der Waals surface area (Å²) in [6.07, 6.45) is -1.10. The maximum absolute atomic E-state index is 11.8. The summed E-state index contributed by atoms with van der Waals surface area (Å²) in [7, 11) is 0. The Balaban J connectivity index is 2.18. The van der Waals surface area contributed by atoms with Crippen LogP contribution in [0.15, 0.2) is 0 Å². The van der Waals surface area contributed by atoms with E-state index in [0.717, 1.165) is 19.5 Å². The monoisotopic (exact) mass is 261 g/mol. The molecule has 0 amide bonds. The van der Waals surface area contributed by atoms with Gasteiger partial charge in [-0.1, -0.05) is 22.6 Å². The number of hydrogen-bond acceptors (Lipinski definition) is 1. The van der Waals surface area contributed by atoms with Gasteiger partial charge in [0.25, 0.3) is 6.43 Å². The van der Waals surface area contributed by atoms with Crippen LogP contribution in [0.4, 0.5) is 8.78 Å². The summed E-state index contributed by atoms with van der Waals surface area (Å²) in [4.78, 5) is 1.82. The van der Waals surface area contributed by atoms with Gasteiger partial charge >= 0.3 is 0 Å². The molecule has 1 rings (SSSR count). The fourth-order valence-electron chi connectivity index (χ4n) is 1.15. The highest BCUT2D eigenvalue weighted by Gasteiger charge is 2.21. The van der Waals surface area contributed by atoms with Crippen LogP contribution in [0.1, 0.15) is 6.42 Å². The van der Waals surface area contributed by atoms with Crippen LogP contribution in [0.3, 0.4) is 0 Å². The molecule has 0 aromatic carbocycles. The first-order chi connectivity index (χ1) is 4.68. The van der Waals surface area contributed by atoms with E-state index in [1.54, 1.807) is 0 Å². The lowest BCUT2D eigenvalue weighted by Crippen LogP contribution is -2.26. The lowest BCUT2D eigenvalue weighted by Gasteiger charge is -2.12. The van der Waals surface area contributed by atoms with Crippen LogP contribution in [-0.2, 0) is 0 Å². The van der Waals surface area contributed by atoms with E-state index in [1.807, 2.05) is 4.90 Å². The predicted octanol–water partition coefficient (Wildman–Crippen LogP) is 1.76. The first-order valence-electron chi connectivity index (χ1n) is 3.33. The fourth-order valence-corrected chi connectivity index (χ4v) is 1.98. The second-order valence-electron chi connectivity index (χ2n) is 2.54.